The Morgan fingerprint density at radius 3 is 2.09 bits per heavy atom. The van der Waals surface area contributed by atoms with Gasteiger partial charge < -0.3 is 0 Å². The number of aryl methyl sites for hydroxylation is 2. The maximum absolute atomic E-state index is 5.54. The van der Waals surface area contributed by atoms with Crippen molar-refractivity contribution < 1.29 is 0 Å². The van der Waals surface area contributed by atoms with Gasteiger partial charge in [0, 0.05) is 5.92 Å². The van der Waals surface area contributed by atoms with Crippen LogP contribution in [0.4, 0.5) is 0 Å². The summed E-state index contributed by atoms with van der Waals surface area (Å²) in [6.45, 7) is 2.28. The van der Waals surface area contributed by atoms with E-state index in [-0.39, 0.29) is 0 Å². The van der Waals surface area contributed by atoms with E-state index in [1.807, 2.05) is 0 Å². The van der Waals surface area contributed by atoms with Gasteiger partial charge in [-0.2, -0.15) is 0 Å². The van der Waals surface area contributed by atoms with Crippen LogP contribution in [-0.4, -0.2) is 0 Å². The van der Waals surface area contributed by atoms with Crippen LogP contribution in [0, 0.1) is 24.2 Å². The Balaban J connectivity index is 1.64. The Hall–Kier alpha value is -1.22. The molecule has 0 saturated heterocycles. The molecule has 1 aliphatic carbocycles. The second-order valence-corrected chi connectivity index (χ2v) is 7.40. The zero-order chi connectivity index (χ0) is 16.3. The van der Waals surface area contributed by atoms with E-state index in [2.05, 4.69) is 37.1 Å². The predicted octanol–water partition coefficient (Wildman–Crippen LogP) is 6.57. The van der Waals surface area contributed by atoms with Crippen molar-refractivity contribution >= 4 is 0 Å². The molecule has 0 spiro atoms. The van der Waals surface area contributed by atoms with Gasteiger partial charge in [-0.1, -0.05) is 56.9 Å². The van der Waals surface area contributed by atoms with Crippen molar-refractivity contribution in [2.75, 3.05) is 0 Å². The summed E-state index contributed by atoms with van der Waals surface area (Å²) in [6, 6.07) is 9.41. The van der Waals surface area contributed by atoms with E-state index in [4.69, 9.17) is 6.42 Å². The highest BCUT2D eigenvalue weighted by Crippen LogP contribution is 2.31. The maximum Gasteiger partial charge on any atom is 0.0200 e. The molecular formula is C23H34. The van der Waals surface area contributed by atoms with Crippen LogP contribution in [0.3, 0.4) is 0 Å². The Morgan fingerprint density at radius 2 is 1.48 bits per heavy atom. The summed E-state index contributed by atoms with van der Waals surface area (Å²) in [5, 5.41) is 0. The van der Waals surface area contributed by atoms with Gasteiger partial charge in [0.15, 0.2) is 0 Å². The lowest BCUT2D eigenvalue weighted by Crippen LogP contribution is -2.13. The van der Waals surface area contributed by atoms with Crippen LogP contribution in [0.1, 0.15) is 82.3 Å². The lowest BCUT2D eigenvalue weighted by atomic mass is 9.80. The van der Waals surface area contributed by atoms with E-state index in [0.29, 0.717) is 5.92 Å². The normalized spacial score (nSPS) is 21.0. The van der Waals surface area contributed by atoms with E-state index in [0.717, 1.165) is 5.92 Å². The Labute approximate surface area is 144 Å². The van der Waals surface area contributed by atoms with Crippen molar-refractivity contribution in [2.24, 2.45) is 11.8 Å². The van der Waals surface area contributed by atoms with Crippen molar-refractivity contribution in [3.63, 3.8) is 0 Å². The third-order valence-electron chi connectivity index (χ3n) is 5.52. The maximum atomic E-state index is 5.54. The zero-order valence-corrected chi connectivity index (χ0v) is 15.0. The SMILES string of the molecule is C#C[C@H]1CC[C@H](CCc2ccc(CCCCCCC)cc2)CC1. The summed E-state index contributed by atoms with van der Waals surface area (Å²) >= 11 is 0. The van der Waals surface area contributed by atoms with Crippen molar-refractivity contribution in [1.82, 2.24) is 0 Å². The largest absolute Gasteiger partial charge is 0.120 e. The number of unbranched alkanes of at least 4 members (excludes halogenated alkanes) is 4. The van der Waals surface area contributed by atoms with E-state index in [9.17, 15) is 0 Å². The van der Waals surface area contributed by atoms with Crippen molar-refractivity contribution in [3.8, 4) is 12.3 Å². The molecular weight excluding hydrogens is 276 g/mol. The molecule has 1 aliphatic rings. The summed E-state index contributed by atoms with van der Waals surface area (Å²) in [5.74, 6) is 4.39. The molecule has 0 aromatic heterocycles. The van der Waals surface area contributed by atoms with Gasteiger partial charge in [-0.05, 0) is 68.4 Å². The van der Waals surface area contributed by atoms with E-state index in [1.165, 1.54) is 88.2 Å². The van der Waals surface area contributed by atoms with Crippen LogP contribution in [-0.2, 0) is 12.8 Å². The second kappa shape index (κ2) is 10.5. The van der Waals surface area contributed by atoms with Crippen LogP contribution in [0.25, 0.3) is 0 Å². The molecule has 0 N–H and O–H groups in total. The molecule has 0 bridgehead atoms. The van der Waals surface area contributed by atoms with Gasteiger partial charge in [0.25, 0.3) is 0 Å². The van der Waals surface area contributed by atoms with Crippen molar-refractivity contribution in [1.29, 1.82) is 0 Å². The van der Waals surface area contributed by atoms with Gasteiger partial charge in [-0.15, -0.1) is 12.3 Å². The standard InChI is InChI=1S/C23H34/c1-3-5-6-7-8-9-21-14-16-23(17-15-21)19-18-22-12-10-20(4-2)11-13-22/h2,14-17,20,22H,3,5-13,18-19H2,1H3/t20-,22-. The van der Waals surface area contributed by atoms with Crippen LogP contribution in [0.5, 0.6) is 0 Å². The van der Waals surface area contributed by atoms with E-state index < -0.39 is 0 Å². The molecule has 1 fully saturated rings. The van der Waals surface area contributed by atoms with Gasteiger partial charge in [0.1, 0.15) is 0 Å². The minimum atomic E-state index is 0.558. The molecule has 0 heterocycles. The number of hydrogen-bond donors (Lipinski definition) is 0. The van der Waals surface area contributed by atoms with Gasteiger partial charge >= 0.3 is 0 Å². The first-order valence-corrected chi connectivity index (χ1v) is 9.85. The van der Waals surface area contributed by atoms with Crippen LogP contribution in [0.2, 0.25) is 0 Å². The smallest absolute Gasteiger partial charge is 0.0200 e. The molecule has 0 unspecified atom stereocenters. The Kier molecular flexibility index (Phi) is 8.30. The molecule has 0 radical (unpaired) electrons. The topological polar surface area (TPSA) is 0 Å². The summed E-state index contributed by atoms with van der Waals surface area (Å²) < 4.78 is 0. The van der Waals surface area contributed by atoms with Crippen molar-refractivity contribution in [3.05, 3.63) is 35.4 Å². The molecule has 0 atom stereocenters. The number of terminal acetylenes is 1. The average Bonchev–Trinajstić information content (AvgIpc) is 2.61. The van der Waals surface area contributed by atoms with Gasteiger partial charge in [-0.3, -0.25) is 0 Å². The van der Waals surface area contributed by atoms with E-state index >= 15 is 0 Å². The average molecular weight is 311 g/mol. The highest BCUT2D eigenvalue weighted by molar-refractivity contribution is 5.22. The van der Waals surface area contributed by atoms with Crippen LogP contribution >= 0.6 is 0 Å². The van der Waals surface area contributed by atoms with Crippen molar-refractivity contribution in [2.45, 2.75) is 84.0 Å². The molecule has 1 aromatic rings. The fourth-order valence-corrected chi connectivity index (χ4v) is 3.79. The summed E-state index contributed by atoms with van der Waals surface area (Å²) in [5.41, 5.74) is 3.03. The number of hydrogen-bond acceptors (Lipinski definition) is 0. The monoisotopic (exact) mass is 310 g/mol. The summed E-state index contributed by atoms with van der Waals surface area (Å²) in [4.78, 5) is 0. The van der Waals surface area contributed by atoms with Gasteiger partial charge in [-0.25, -0.2) is 0 Å². The van der Waals surface area contributed by atoms with Crippen LogP contribution < -0.4 is 0 Å². The molecule has 126 valence electrons. The Bertz CT molecular complexity index is 454. The third kappa shape index (κ3) is 6.82. The first-order chi connectivity index (χ1) is 11.3. The predicted molar refractivity (Wildman–Crippen MR) is 102 cm³/mol. The van der Waals surface area contributed by atoms with E-state index in [1.54, 1.807) is 0 Å². The number of rotatable bonds is 9. The highest BCUT2D eigenvalue weighted by Gasteiger charge is 2.19. The highest BCUT2D eigenvalue weighted by atomic mass is 14.2. The minimum Gasteiger partial charge on any atom is -0.120 e. The first kappa shape index (κ1) is 18.1. The fourth-order valence-electron chi connectivity index (χ4n) is 3.79. The molecule has 23 heavy (non-hydrogen) atoms. The molecule has 0 nitrogen and oxygen atoms in total. The second-order valence-electron chi connectivity index (χ2n) is 7.40. The van der Waals surface area contributed by atoms with Gasteiger partial charge in [0.2, 0.25) is 0 Å². The zero-order valence-electron chi connectivity index (χ0n) is 15.0. The molecule has 2 rings (SSSR count). The summed E-state index contributed by atoms with van der Waals surface area (Å²) in [7, 11) is 0. The molecule has 0 aliphatic heterocycles. The lowest BCUT2D eigenvalue weighted by molar-refractivity contribution is 0.302. The molecule has 0 heteroatoms. The quantitative estimate of drug-likeness (QED) is 0.357. The minimum absolute atomic E-state index is 0.558. The van der Waals surface area contributed by atoms with Crippen LogP contribution in [0.15, 0.2) is 24.3 Å². The third-order valence-corrected chi connectivity index (χ3v) is 5.52. The fraction of sp³-hybridized carbons (Fsp3) is 0.652. The first-order valence-electron chi connectivity index (χ1n) is 9.85. The molecule has 0 amide bonds. The summed E-state index contributed by atoms with van der Waals surface area (Å²) in [6.07, 6.45) is 21.4. The molecule has 1 aromatic carbocycles. The lowest BCUT2D eigenvalue weighted by Gasteiger charge is -2.25. The number of benzene rings is 1. The Morgan fingerprint density at radius 1 is 0.870 bits per heavy atom. The van der Waals surface area contributed by atoms with Gasteiger partial charge in [0.05, 0.1) is 0 Å². The molecule has 1 saturated carbocycles.